The Morgan fingerprint density at radius 2 is 2.11 bits per heavy atom. The van der Waals surface area contributed by atoms with Crippen molar-refractivity contribution in [1.82, 2.24) is 4.37 Å². The fraction of sp³-hybridized carbons (Fsp3) is 0.667. The van der Waals surface area contributed by atoms with Crippen molar-refractivity contribution >= 4 is 28.3 Å². The highest BCUT2D eigenvalue weighted by atomic mass is 32.1. The number of hydrogen-bond acceptors (Lipinski definition) is 5. The maximum Gasteiger partial charge on any atom is 0.255 e. The fourth-order valence-electron chi connectivity index (χ4n) is 1.85. The lowest BCUT2D eigenvalue weighted by molar-refractivity contribution is 0.100. The molecule has 1 amide bonds. The van der Waals surface area contributed by atoms with E-state index in [-0.39, 0.29) is 5.82 Å². The molecular formula is C12H22N4OS. The molecule has 0 atom stereocenters. The van der Waals surface area contributed by atoms with E-state index in [9.17, 15) is 4.79 Å². The second-order valence-corrected chi connectivity index (χ2v) is 5.36. The molecule has 1 heterocycles. The lowest BCUT2D eigenvalue weighted by Gasteiger charge is -2.27. The van der Waals surface area contributed by atoms with E-state index in [1.807, 2.05) is 0 Å². The van der Waals surface area contributed by atoms with Gasteiger partial charge in [0.05, 0.1) is 0 Å². The highest BCUT2D eigenvalue weighted by Gasteiger charge is 2.23. The van der Waals surface area contributed by atoms with Crippen LogP contribution in [-0.2, 0) is 0 Å². The first-order valence-electron chi connectivity index (χ1n) is 6.30. The summed E-state index contributed by atoms with van der Waals surface area (Å²) < 4.78 is 4.05. The Labute approximate surface area is 112 Å². The van der Waals surface area contributed by atoms with Crippen LogP contribution in [0.2, 0.25) is 0 Å². The topological polar surface area (TPSA) is 85.2 Å². The molecule has 4 N–H and O–H groups in total. The molecule has 102 valence electrons. The number of rotatable bonds is 7. The zero-order valence-electron chi connectivity index (χ0n) is 11.3. The SMILES string of the molecule is CCCCCN(c1snc(N)c1C(N)=O)C(C)C. The first-order chi connectivity index (χ1) is 8.49. The Morgan fingerprint density at radius 1 is 1.44 bits per heavy atom. The zero-order chi connectivity index (χ0) is 13.7. The number of anilines is 2. The minimum Gasteiger partial charge on any atom is -0.382 e. The highest BCUT2D eigenvalue weighted by Crippen LogP contribution is 2.31. The predicted molar refractivity (Wildman–Crippen MR) is 77.1 cm³/mol. The van der Waals surface area contributed by atoms with Gasteiger partial charge in [0.25, 0.3) is 5.91 Å². The van der Waals surface area contributed by atoms with Crippen LogP contribution in [0.1, 0.15) is 50.4 Å². The van der Waals surface area contributed by atoms with Gasteiger partial charge in [0.2, 0.25) is 0 Å². The van der Waals surface area contributed by atoms with E-state index in [0.717, 1.165) is 18.0 Å². The Balaban J connectivity index is 2.95. The number of carbonyl (C=O) groups is 1. The van der Waals surface area contributed by atoms with Crippen LogP contribution in [0.15, 0.2) is 0 Å². The molecule has 1 rings (SSSR count). The third kappa shape index (κ3) is 3.35. The van der Waals surface area contributed by atoms with Gasteiger partial charge in [0, 0.05) is 12.6 Å². The van der Waals surface area contributed by atoms with Crippen molar-refractivity contribution in [1.29, 1.82) is 0 Å². The van der Waals surface area contributed by atoms with Gasteiger partial charge in [-0.25, -0.2) is 0 Å². The van der Waals surface area contributed by atoms with Gasteiger partial charge in [-0.3, -0.25) is 4.79 Å². The van der Waals surface area contributed by atoms with Gasteiger partial charge in [0.1, 0.15) is 10.6 Å². The fourth-order valence-corrected chi connectivity index (χ4v) is 2.83. The molecule has 6 heteroatoms. The van der Waals surface area contributed by atoms with Crippen molar-refractivity contribution in [3.8, 4) is 0 Å². The van der Waals surface area contributed by atoms with Crippen LogP contribution in [0, 0.1) is 0 Å². The van der Waals surface area contributed by atoms with Crippen molar-refractivity contribution in [2.75, 3.05) is 17.2 Å². The molecule has 0 aliphatic heterocycles. The number of unbranched alkanes of at least 4 members (excludes halogenated alkanes) is 2. The number of aromatic nitrogens is 1. The Bertz CT molecular complexity index is 403. The van der Waals surface area contributed by atoms with Gasteiger partial charge in [-0.15, -0.1) is 0 Å². The maximum atomic E-state index is 11.4. The van der Waals surface area contributed by atoms with Crippen LogP contribution >= 0.6 is 11.5 Å². The molecule has 0 unspecified atom stereocenters. The van der Waals surface area contributed by atoms with Gasteiger partial charge >= 0.3 is 0 Å². The molecule has 1 aromatic rings. The number of nitrogens with two attached hydrogens (primary N) is 2. The van der Waals surface area contributed by atoms with Gasteiger partial charge in [-0.1, -0.05) is 19.8 Å². The molecule has 1 aromatic heterocycles. The normalized spacial score (nSPS) is 10.9. The van der Waals surface area contributed by atoms with E-state index >= 15 is 0 Å². The van der Waals surface area contributed by atoms with Crippen molar-refractivity contribution in [3.05, 3.63) is 5.56 Å². The molecule has 18 heavy (non-hydrogen) atoms. The van der Waals surface area contributed by atoms with Crippen LogP contribution in [0.3, 0.4) is 0 Å². The molecule has 0 saturated heterocycles. The molecule has 0 spiro atoms. The summed E-state index contributed by atoms with van der Waals surface area (Å²) in [4.78, 5) is 13.6. The molecule has 0 fully saturated rings. The third-order valence-electron chi connectivity index (χ3n) is 2.83. The number of nitrogens with zero attached hydrogens (tertiary/aromatic N) is 2. The second-order valence-electron chi connectivity index (χ2n) is 4.61. The van der Waals surface area contributed by atoms with E-state index in [1.54, 1.807) is 0 Å². The number of carbonyl (C=O) groups excluding carboxylic acids is 1. The Morgan fingerprint density at radius 3 is 2.61 bits per heavy atom. The number of nitrogen functional groups attached to an aromatic ring is 1. The van der Waals surface area contributed by atoms with Gasteiger partial charge < -0.3 is 16.4 Å². The van der Waals surface area contributed by atoms with Crippen LogP contribution in [0.25, 0.3) is 0 Å². The van der Waals surface area contributed by atoms with Crippen LogP contribution in [0.5, 0.6) is 0 Å². The van der Waals surface area contributed by atoms with E-state index in [4.69, 9.17) is 11.5 Å². The highest BCUT2D eigenvalue weighted by molar-refractivity contribution is 7.11. The van der Waals surface area contributed by atoms with Crippen molar-refractivity contribution in [2.45, 2.75) is 46.1 Å². The Kier molecular flexibility index (Phi) is 5.40. The van der Waals surface area contributed by atoms with Crippen LogP contribution in [-0.4, -0.2) is 22.9 Å². The van der Waals surface area contributed by atoms with Gasteiger partial charge in [-0.2, -0.15) is 4.37 Å². The first kappa shape index (κ1) is 14.8. The van der Waals surface area contributed by atoms with E-state index in [2.05, 4.69) is 30.0 Å². The lowest BCUT2D eigenvalue weighted by atomic mass is 10.2. The summed E-state index contributed by atoms with van der Waals surface area (Å²) in [5.74, 6) is -0.263. The van der Waals surface area contributed by atoms with E-state index in [0.29, 0.717) is 11.6 Å². The van der Waals surface area contributed by atoms with Crippen molar-refractivity contribution in [3.63, 3.8) is 0 Å². The third-order valence-corrected chi connectivity index (χ3v) is 3.73. The summed E-state index contributed by atoms with van der Waals surface area (Å²) in [6.07, 6.45) is 3.42. The summed E-state index contributed by atoms with van der Waals surface area (Å²) in [6.45, 7) is 7.24. The van der Waals surface area contributed by atoms with Crippen molar-refractivity contribution < 1.29 is 4.79 Å². The smallest absolute Gasteiger partial charge is 0.255 e. The summed E-state index contributed by atoms with van der Waals surface area (Å²) in [5, 5.41) is 0.797. The monoisotopic (exact) mass is 270 g/mol. The summed E-state index contributed by atoms with van der Waals surface area (Å²) in [5.41, 5.74) is 11.4. The first-order valence-corrected chi connectivity index (χ1v) is 7.08. The van der Waals surface area contributed by atoms with E-state index < -0.39 is 5.91 Å². The second kappa shape index (κ2) is 6.58. The largest absolute Gasteiger partial charge is 0.382 e. The molecule has 0 aliphatic carbocycles. The zero-order valence-corrected chi connectivity index (χ0v) is 12.1. The predicted octanol–water partition coefficient (Wildman–Crippen LogP) is 2.23. The maximum absolute atomic E-state index is 11.4. The molecule has 0 aromatic carbocycles. The molecule has 0 aliphatic rings. The van der Waals surface area contributed by atoms with Crippen LogP contribution < -0.4 is 16.4 Å². The van der Waals surface area contributed by atoms with Crippen molar-refractivity contribution in [2.24, 2.45) is 5.73 Å². The quantitative estimate of drug-likeness (QED) is 0.744. The average molecular weight is 270 g/mol. The minimum absolute atomic E-state index is 0.239. The number of amides is 1. The summed E-state index contributed by atoms with van der Waals surface area (Å²) in [7, 11) is 0. The summed E-state index contributed by atoms with van der Waals surface area (Å²) >= 11 is 1.25. The lowest BCUT2D eigenvalue weighted by Crippen LogP contribution is -2.32. The average Bonchev–Trinajstić information content (AvgIpc) is 2.66. The number of hydrogen-bond donors (Lipinski definition) is 2. The molecule has 0 radical (unpaired) electrons. The Hall–Kier alpha value is -1.30. The standard InChI is InChI=1S/C12H22N4OS/c1-4-5-6-7-16(8(2)3)12-9(11(14)17)10(13)15-18-12/h8H,4-7H2,1-3H3,(H2,13,15)(H2,14,17). The number of primary amides is 1. The van der Waals surface area contributed by atoms with E-state index in [1.165, 1.54) is 24.4 Å². The molecule has 0 saturated carbocycles. The molecular weight excluding hydrogens is 248 g/mol. The summed E-state index contributed by atoms with van der Waals surface area (Å²) in [6, 6.07) is 0.291. The molecule has 0 bridgehead atoms. The minimum atomic E-state index is -0.502. The van der Waals surface area contributed by atoms with Gasteiger partial charge in [0.15, 0.2) is 5.82 Å². The van der Waals surface area contributed by atoms with Gasteiger partial charge in [-0.05, 0) is 31.8 Å². The molecule has 5 nitrogen and oxygen atoms in total. The van der Waals surface area contributed by atoms with Crippen LogP contribution in [0.4, 0.5) is 10.8 Å².